The third-order valence-corrected chi connectivity index (χ3v) is 7.32. The van der Waals surface area contributed by atoms with Crippen molar-refractivity contribution in [2.75, 3.05) is 16.3 Å². The Bertz CT molecular complexity index is 903. The summed E-state index contributed by atoms with van der Waals surface area (Å²) in [5, 5.41) is 0. The molecule has 0 spiro atoms. The second kappa shape index (κ2) is 8.29. The maximum atomic E-state index is 12.3. The van der Waals surface area contributed by atoms with E-state index in [0.29, 0.717) is 24.0 Å². The molecule has 1 aromatic carbocycles. The molecule has 5 rings (SSSR count). The van der Waals surface area contributed by atoms with Crippen molar-refractivity contribution in [1.29, 1.82) is 0 Å². The van der Waals surface area contributed by atoms with Gasteiger partial charge in [0, 0.05) is 48.0 Å². The number of piperidine rings is 1. The van der Waals surface area contributed by atoms with Gasteiger partial charge in [0.05, 0.1) is 0 Å². The first-order valence-corrected chi connectivity index (χ1v) is 12.1. The van der Waals surface area contributed by atoms with Gasteiger partial charge in [-0.3, -0.25) is 4.79 Å². The van der Waals surface area contributed by atoms with Crippen LogP contribution < -0.4 is 9.80 Å². The number of carbonyl (C=O) groups excluding carboxylic acids is 1. The number of Topliss-reactive ketones (excluding diaryl/α,β-unsaturated/α-hetero) is 1. The number of nitrogens with zero attached hydrogens (tertiary/aromatic N) is 3. The average molecular weight is 418 g/mol. The number of aryl methyl sites for hydroxylation is 1. The third-order valence-electron chi connectivity index (χ3n) is 7.32. The second-order valence-electron chi connectivity index (χ2n) is 10.3. The zero-order valence-electron chi connectivity index (χ0n) is 19.1. The van der Waals surface area contributed by atoms with Crippen LogP contribution >= 0.6 is 0 Å². The fourth-order valence-corrected chi connectivity index (χ4v) is 5.64. The van der Waals surface area contributed by atoms with Crippen molar-refractivity contribution in [2.24, 2.45) is 11.8 Å². The number of carbonyl (C=O) groups is 1. The predicted octanol–water partition coefficient (Wildman–Crippen LogP) is 5.65. The Morgan fingerprint density at radius 3 is 2.26 bits per heavy atom. The van der Waals surface area contributed by atoms with Gasteiger partial charge in [-0.25, -0.2) is 4.98 Å². The quantitative estimate of drug-likeness (QED) is 0.546. The van der Waals surface area contributed by atoms with Crippen molar-refractivity contribution < 1.29 is 4.79 Å². The van der Waals surface area contributed by atoms with Crippen molar-refractivity contribution in [3.63, 3.8) is 0 Å². The molecule has 1 aliphatic carbocycles. The summed E-state index contributed by atoms with van der Waals surface area (Å²) in [6.07, 6.45) is 8.77. The highest BCUT2D eigenvalue weighted by Gasteiger charge is 2.43. The number of pyridine rings is 1. The lowest BCUT2D eigenvalue weighted by molar-refractivity contribution is 0.0967. The number of aromatic nitrogens is 1. The summed E-state index contributed by atoms with van der Waals surface area (Å²) in [5.41, 5.74) is 3.46. The molecule has 2 atom stereocenters. The molecule has 0 radical (unpaired) electrons. The lowest BCUT2D eigenvalue weighted by Crippen LogP contribution is -2.51. The molecule has 2 unspecified atom stereocenters. The van der Waals surface area contributed by atoms with Gasteiger partial charge >= 0.3 is 0 Å². The van der Waals surface area contributed by atoms with E-state index in [-0.39, 0.29) is 11.7 Å². The SMILES string of the molecule is Cc1ccc(N(CC(C)C)C2CC3CCC(C2)N3c2ccc(C(=O)C3CC3)cn2)cc1. The smallest absolute Gasteiger partial charge is 0.167 e. The minimum Gasteiger partial charge on any atom is -0.368 e. The highest BCUT2D eigenvalue weighted by atomic mass is 16.1. The number of ketones is 1. The van der Waals surface area contributed by atoms with E-state index in [2.05, 4.69) is 60.9 Å². The summed E-state index contributed by atoms with van der Waals surface area (Å²) < 4.78 is 0. The van der Waals surface area contributed by atoms with E-state index >= 15 is 0 Å². The highest BCUT2D eigenvalue weighted by Crippen LogP contribution is 2.41. The molecule has 4 nitrogen and oxygen atoms in total. The largest absolute Gasteiger partial charge is 0.368 e. The summed E-state index contributed by atoms with van der Waals surface area (Å²) >= 11 is 0. The number of anilines is 2. The Morgan fingerprint density at radius 2 is 1.71 bits per heavy atom. The lowest BCUT2D eigenvalue weighted by atomic mass is 9.94. The Kier molecular flexibility index (Phi) is 5.49. The Balaban J connectivity index is 1.33. The molecule has 0 N–H and O–H groups in total. The van der Waals surface area contributed by atoms with Crippen molar-refractivity contribution in [3.8, 4) is 0 Å². The normalized spacial score (nSPS) is 25.2. The minimum absolute atomic E-state index is 0.258. The first-order valence-electron chi connectivity index (χ1n) is 12.1. The van der Waals surface area contributed by atoms with Gasteiger partial charge in [0.25, 0.3) is 0 Å². The van der Waals surface area contributed by atoms with Crippen LogP contribution in [0, 0.1) is 18.8 Å². The second-order valence-corrected chi connectivity index (χ2v) is 10.3. The van der Waals surface area contributed by atoms with Crippen LogP contribution in [0.5, 0.6) is 0 Å². The van der Waals surface area contributed by atoms with Crippen molar-refractivity contribution >= 4 is 17.3 Å². The summed E-state index contributed by atoms with van der Waals surface area (Å²) in [6.45, 7) is 7.90. The van der Waals surface area contributed by atoms with E-state index in [1.54, 1.807) is 0 Å². The molecule has 2 aliphatic heterocycles. The number of benzene rings is 1. The fourth-order valence-electron chi connectivity index (χ4n) is 5.64. The van der Waals surface area contributed by atoms with Crippen LogP contribution in [0.2, 0.25) is 0 Å². The summed E-state index contributed by atoms with van der Waals surface area (Å²) in [7, 11) is 0. The Labute approximate surface area is 186 Å². The molecule has 2 aromatic rings. The van der Waals surface area contributed by atoms with Gasteiger partial charge in [-0.2, -0.15) is 0 Å². The maximum absolute atomic E-state index is 12.3. The van der Waals surface area contributed by atoms with E-state index in [1.165, 1.54) is 36.9 Å². The predicted molar refractivity (Wildman–Crippen MR) is 127 cm³/mol. The van der Waals surface area contributed by atoms with Gasteiger partial charge in [-0.1, -0.05) is 31.5 Å². The molecular formula is C27H35N3O. The standard InChI is InChI=1S/C27H35N3O/c1-18(2)17-29(22-9-4-19(3)5-10-22)25-14-23-11-12-24(15-25)30(23)26-13-8-21(16-28-26)27(31)20-6-7-20/h4-5,8-10,13,16,18,20,23-25H,6-7,11-12,14-15,17H2,1-3H3. The zero-order valence-corrected chi connectivity index (χ0v) is 19.1. The molecule has 3 fully saturated rings. The van der Waals surface area contributed by atoms with E-state index in [1.807, 2.05) is 12.3 Å². The van der Waals surface area contributed by atoms with Crippen LogP contribution in [0.3, 0.4) is 0 Å². The van der Waals surface area contributed by atoms with Crippen LogP contribution in [0.25, 0.3) is 0 Å². The molecule has 2 bridgehead atoms. The highest BCUT2D eigenvalue weighted by molar-refractivity contribution is 5.99. The van der Waals surface area contributed by atoms with Crippen molar-refractivity contribution in [3.05, 3.63) is 53.7 Å². The summed E-state index contributed by atoms with van der Waals surface area (Å²) in [5.74, 6) is 2.23. The summed E-state index contributed by atoms with van der Waals surface area (Å²) in [4.78, 5) is 22.3. The minimum atomic E-state index is 0.258. The Hall–Kier alpha value is -2.36. The molecule has 3 aliphatic rings. The Morgan fingerprint density at radius 1 is 1.03 bits per heavy atom. The average Bonchev–Trinajstić information content (AvgIpc) is 3.57. The maximum Gasteiger partial charge on any atom is 0.167 e. The van der Waals surface area contributed by atoms with E-state index in [0.717, 1.165) is 30.8 Å². The number of fused-ring (bicyclic) bond motifs is 2. The molecule has 164 valence electrons. The van der Waals surface area contributed by atoms with Gasteiger partial charge < -0.3 is 9.80 Å². The first-order chi connectivity index (χ1) is 15.0. The third kappa shape index (κ3) is 4.22. The van der Waals surface area contributed by atoms with Gasteiger partial charge in [-0.15, -0.1) is 0 Å². The van der Waals surface area contributed by atoms with Gasteiger partial charge in [0.15, 0.2) is 5.78 Å². The van der Waals surface area contributed by atoms with Gasteiger partial charge in [0.1, 0.15) is 5.82 Å². The number of rotatable bonds is 7. The van der Waals surface area contributed by atoms with E-state index < -0.39 is 0 Å². The van der Waals surface area contributed by atoms with Crippen LogP contribution in [-0.4, -0.2) is 35.4 Å². The molecule has 1 aromatic heterocycles. The molecule has 3 heterocycles. The molecule has 2 saturated heterocycles. The van der Waals surface area contributed by atoms with Crippen LogP contribution in [0.15, 0.2) is 42.6 Å². The number of hydrogen-bond acceptors (Lipinski definition) is 4. The molecular weight excluding hydrogens is 382 g/mol. The topological polar surface area (TPSA) is 36.4 Å². The lowest BCUT2D eigenvalue weighted by Gasteiger charge is -2.45. The molecule has 1 saturated carbocycles. The van der Waals surface area contributed by atoms with Gasteiger partial charge in [-0.05, 0) is 75.6 Å². The summed E-state index contributed by atoms with van der Waals surface area (Å²) in [6, 6.07) is 14.8. The van der Waals surface area contributed by atoms with Crippen molar-refractivity contribution in [2.45, 2.75) is 77.4 Å². The number of hydrogen-bond donors (Lipinski definition) is 0. The zero-order chi connectivity index (χ0) is 21.5. The first kappa shape index (κ1) is 20.5. The van der Waals surface area contributed by atoms with Crippen molar-refractivity contribution in [1.82, 2.24) is 4.98 Å². The van der Waals surface area contributed by atoms with Crippen LogP contribution in [0.4, 0.5) is 11.5 Å². The monoisotopic (exact) mass is 417 g/mol. The van der Waals surface area contributed by atoms with Gasteiger partial charge in [0.2, 0.25) is 0 Å². The van der Waals surface area contributed by atoms with E-state index in [9.17, 15) is 4.79 Å². The van der Waals surface area contributed by atoms with Crippen LogP contribution in [0.1, 0.15) is 68.3 Å². The molecule has 0 amide bonds. The molecule has 4 heteroatoms. The molecule has 31 heavy (non-hydrogen) atoms. The van der Waals surface area contributed by atoms with Crippen LogP contribution in [-0.2, 0) is 0 Å². The fraction of sp³-hybridized carbons (Fsp3) is 0.556. The van der Waals surface area contributed by atoms with E-state index in [4.69, 9.17) is 4.98 Å².